The summed E-state index contributed by atoms with van der Waals surface area (Å²) in [6, 6.07) is 0.490. The first kappa shape index (κ1) is 15.5. The van der Waals surface area contributed by atoms with E-state index in [9.17, 15) is 4.79 Å². The maximum atomic E-state index is 12.2. The molecular formula is C15H30N2O. The van der Waals surface area contributed by atoms with E-state index >= 15 is 0 Å². The van der Waals surface area contributed by atoms with Gasteiger partial charge in [-0.15, -0.1) is 0 Å². The smallest absolute Gasteiger partial charge is 0.227 e. The van der Waals surface area contributed by atoms with Crippen molar-refractivity contribution in [1.29, 1.82) is 0 Å². The van der Waals surface area contributed by atoms with Gasteiger partial charge < -0.3 is 10.2 Å². The van der Waals surface area contributed by atoms with Crippen LogP contribution in [0.25, 0.3) is 0 Å². The Bertz CT molecular complexity index is 268. The second-order valence-corrected chi connectivity index (χ2v) is 6.98. The summed E-state index contributed by atoms with van der Waals surface area (Å²) in [7, 11) is 0. The zero-order valence-electron chi connectivity index (χ0n) is 12.8. The second kappa shape index (κ2) is 6.55. The number of piperidine rings is 1. The lowest BCUT2D eigenvalue weighted by Crippen LogP contribution is -2.51. The minimum absolute atomic E-state index is 0.250. The third-order valence-electron chi connectivity index (χ3n) is 3.50. The Labute approximate surface area is 112 Å². The normalized spacial score (nSPS) is 21.4. The number of carbonyl (C=O) groups is 1. The van der Waals surface area contributed by atoms with Gasteiger partial charge >= 0.3 is 0 Å². The van der Waals surface area contributed by atoms with Gasteiger partial charge in [-0.25, -0.2) is 0 Å². The molecule has 1 saturated heterocycles. The average molecular weight is 254 g/mol. The average Bonchev–Trinajstić information content (AvgIpc) is 2.26. The molecule has 0 saturated carbocycles. The Morgan fingerprint density at radius 2 is 2.06 bits per heavy atom. The zero-order valence-corrected chi connectivity index (χ0v) is 12.8. The summed E-state index contributed by atoms with van der Waals surface area (Å²) in [5, 5.41) is 3.60. The van der Waals surface area contributed by atoms with E-state index < -0.39 is 0 Å². The number of likely N-dealkylation sites (tertiary alicyclic amines) is 1. The number of nitrogens with one attached hydrogen (secondary N) is 1. The quantitative estimate of drug-likeness (QED) is 0.836. The Hall–Kier alpha value is -0.570. The van der Waals surface area contributed by atoms with Crippen LogP contribution >= 0.6 is 0 Å². The van der Waals surface area contributed by atoms with Crippen molar-refractivity contribution in [3.8, 4) is 0 Å². The van der Waals surface area contributed by atoms with Crippen LogP contribution in [0.15, 0.2) is 0 Å². The van der Waals surface area contributed by atoms with Crippen molar-refractivity contribution in [3.05, 3.63) is 0 Å². The van der Waals surface area contributed by atoms with Gasteiger partial charge in [0.1, 0.15) is 0 Å². The van der Waals surface area contributed by atoms with Gasteiger partial charge in [0.05, 0.1) is 0 Å². The van der Waals surface area contributed by atoms with Crippen LogP contribution in [0.5, 0.6) is 0 Å². The number of nitrogens with zero attached hydrogens (tertiary/aromatic N) is 1. The van der Waals surface area contributed by atoms with Gasteiger partial charge in [-0.3, -0.25) is 4.79 Å². The van der Waals surface area contributed by atoms with Gasteiger partial charge in [-0.1, -0.05) is 34.6 Å². The zero-order chi connectivity index (χ0) is 13.8. The van der Waals surface area contributed by atoms with Gasteiger partial charge in [-0.2, -0.15) is 0 Å². The van der Waals surface area contributed by atoms with Gasteiger partial charge in [0, 0.05) is 24.5 Å². The van der Waals surface area contributed by atoms with E-state index in [4.69, 9.17) is 0 Å². The summed E-state index contributed by atoms with van der Waals surface area (Å²) >= 11 is 0. The minimum atomic E-state index is -0.250. The summed E-state index contributed by atoms with van der Waals surface area (Å²) in [6.07, 6.45) is 3.54. The Kier molecular flexibility index (Phi) is 5.64. The van der Waals surface area contributed by atoms with Gasteiger partial charge in [0.25, 0.3) is 0 Å². The highest BCUT2D eigenvalue weighted by Crippen LogP contribution is 2.21. The van der Waals surface area contributed by atoms with Crippen LogP contribution in [0.4, 0.5) is 0 Å². The maximum absolute atomic E-state index is 12.2. The van der Waals surface area contributed by atoms with Crippen molar-refractivity contribution < 1.29 is 4.79 Å². The predicted octanol–water partition coefficient (Wildman–Crippen LogP) is 2.66. The number of hydrogen-bond donors (Lipinski definition) is 1. The van der Waals surface area contributed by atoms with Gasteiger partial charge in [0.2, 0.25) is 5.91 Å². The largest absolute Gasteiger partial charge is 0.341 e. The summed E-state index contributed by atoms with van der Waals surface area (Å²) in [5.74, 6) is 1.03. The van der Waals surface area contributed by atoms with Crippen molar-refractivity contribution in [2.75, 3.05) is 19.6 Å². The van der Waals surface area contributed by atoms with Crippen LogP contribution < -0.4 is 5.32 Å². The molecule has 1 amide bonds. The van der Waals surface area contributed by atoms with E-state index in [-0.39, 0.29) is 11.3 Å². The molecule has 0 aromatic carbocycles. The van der Waals surface area contributed by atoms with Crippen LogP contribution in [0.3, 0.4) is 0 Å². The second-order valence-electron chi connectivity index (χ2n) is 6.98. The van der Waals surface area contributed by atoms with Crippen LogP contribution in [0.1, 0.15) is 53.9 Å². The molecule has 0 bridgehead atoms. The fraction of sp³-hybridized carbons (Fsp3) is 0.933. The van der Waals surface area contributed by atoms with E-state index in [2.05, 4.69) is 19.2 Å². The van der Waals surface area contributed by atoms with Crippen molar-refractivity contribution in [2.45, 2.75) is 59.9 Å². The Balaban J connectivity index is 2.39. The molecule has 1 heterocycles. The van der Waals surface area contributed by atoms with E-state index in [0.29, 0.717) is 6.04 Å². The summed E-state index contributed by atoms with van der Waals surface area (Å²) in [4.78, 5) is 14.3. The highest BCUT2D eigenvalue weighted by Gasteiger charge is 2.30. The Morgan fingerprint density at radius 1 is 1.39 bits per heavy atom. The van der Waals surface area contributed by atoms with Crippen LogP contribution in [0, 0.1) is 11.3 Å². The molecular weight excluding hydrogens is 224 g/mol. The third kappa shape index (κ3) is 4.97. The van der Waals surface area contributed by atoms with Gasteiger partial charge in [-0.05, 0) is 31.7 Å². The van der Waals surface area contributed by atoms with E-state index in [1.807, 2.05) is 25.7 Å². The molecule has 1 N–H and O–H groups in total. The fourth-order valence-electron chi connectivity index (χ4n) is 2.38. The first-order valence-corrected chi connectivity index (χ1v) is 7.33. The third-order valence-corrected chi connectivity index (χ3v) is 3.50. The lowest BCUT2D eigenvalue weighted by molar-refractivity contribution is -0.140. The Morgan fingerprint density at radius 3 is 2.61 bits per heavy atom. The maximum Gasteiger partial charge on any atom is 0.227 e. The molecule has 1 aliphatic heterocycles. The van der Waals surface area contributed by atoms with Crippen LogP contribution in [-0.4, -0.2) is 36.5 Å². The molecule has 0 aromatic heterocycles. The number of hydrogen-bond acceptors (Lipinski definition) is 2. The monoisotopic (exact) mass is 254 g/mol. The molecule has 18 heavy (non-hydrogen) atoms. The predicted molar refractivity (Wildman–Crippen MR) is 76.5 cm³/mol. The first-order valence-electron chi connectivity index (χ1n) is 7.33. The van der Waals surface area contributed by atoms with E-state index in [0.717, 1.165) is 32.0 Å². The minimum Gasteiger partial charge on any atom is -0.341 e. The number of amides is 1. The number of carbonyl (C=O) groups excluding carboxylic acids is 1. The van der Waals surface area contributed by atoms with E-state index in [1.165, 1.54) is 12.8 Å². The molecule has 106 valence electrons. The fourth-order valence-corrected chi connectivity index (χ4v) is 2.38. The van der Waals surface area contributed by atoms with Crippen molar-refractivity contribution >= 4 is 5.91 Å². The molecule has 1 unspecified atom stereocenters. The standard InChI is InChI=1S/C15H30N2O/c1-12(2)8-9-16-13-7-6-10-17(11-13)14(18)15(3,4)5/h12-13,16H,6-11H2,1-5H3. The molecule has 0 aliphatic carbocycles. The van der Waals surface area contributed by atoms with Crippen LogP contribution in [-0.2, 0) is 4.79 Å². The van der Waals surface area contributed by atoms with Gasteiger partial charge in [0.15, 0.2) is 0 Å². The van der Waals surface area contributed by atoms with Crippen molar-refractivity contribution in [1.82, 2.24) is 10.2 Å². The highest BCUT2D eigenvalue weighted by molar-refractivity contribution is 5.81. The summed E-state index contributed by atoms with van der Waals surface area (Å²) < 4.78 is 0. The lowest BCUT2D eigenvalue weighted by atomic mass is 9.93. The molecule has 3 nitrogen and oxygen atoms in total. The molecule has 1 rings (SSSR count). The highest BCUT2D eigenvalue weighted by atomic mass is 16.2. The molecule has 1 fully saturated rings. The van der Waals surface area contributed by atoms with E-state index in [1.54, 1.807) is 0 Å². The molecule has 0 radical (unpaired) electrons. The first-order chi connectivity index (χ1) is 8.30. The lowest BCUT2D eigenvalue weighted by Gasteiger charge is -2.37. The van der Waals surface area contributed by atoms with Crippen LogP contribution in [0.2, 0.25) is 0 Å². The molecule has 3 heteroatoms. The molecule has 0 spiro atoms. The molecule has 1 atom stereocenters. The topological polar surface area (TPSA) is 32.3 Å². The number of rotatable bonds is 4. The molecule has 1 aliphatic rings. The molecule has 0 aromatic rings. The SMILES string of the molecule is CC(C)CCNC1CCCN(C(=O)C(C)(C)C)C1. The van der Waals surface area contributed by atoms with Crippen molar-refractivity contribution in [3.63, 3.8) is 0 Å². The van der Waals surface area contributed by atoms with Crippen molar-refractivity contribution in [2.24, 2.45) is 11.3 Å². The summed E-state index contributed by atoms with van der Waals surface area (Å²) in [6.45, 7) is 13.4. The summed E-state index contributed by atoms with van der Waals surface area (Å²) in [5.41, 5.74) is -0.250.